The van der Waals surface area contributed by atoms with Crippen LogP contribution in [0.25, 0.3) is 22.3 Å². The first-order valence-electron chi connectivity index (χ1n) is 10.3. The maximum absolute atomic E-state index is 12.1. The average molecular weight is 414 g/mol. The second kappa shape index (κ2) is 9.45. The normalized spacial score (nSPS) is 16.5. The third-order valence-corrected chi connectivity index (χ3v) is 6.11. The van der Waals surface area contributed by atoms with Gasteiger partial charge in [0.1, 0.15) is 0 Å². The molecule has 3 heterocycles. The Morgan fingerprint density at radius 3 is 3.10 bits per heavy atom. The summed E-state index contributed by atoms with van der Waals surface area (Å²) < 4.78 is 7.97. The minimum absolute atomic E-state index is 0.0313. The molecule has 0 aliphatic carbocycles. The van der Waals surface area contributed by atoms with Crippen LogP contribution in [0.3, 0.4) is 0 Å². The van der Waals surface area contributed by atoms with Crippen LogP contribution in [-0.2, 0) is 16.1 Å². The van der Waals surface area contributed by atoms with Crippen molar-refractivity contribution in [2.24, 2.45) is 0 Å². The number of carbonyl (C=O) groups excluding carboxylic acids is 1. The summed E-state index contributed by atoms with van der Waals surface area (Å²) in [6.07, 6.45) is 6.32. The second-order valence-electron chi connectivity index (χ2n) is 7.29. The highest BCUT2D eigenvalue weighted by Crippen LogP contribution is 2.31. The minimum Gasteiger partial charge on any atom is -0.376 e. The highest BCUT2D eigenvalue weighted by atomic mass is 32.2. The first-order chi connectivity index (χ1) is 14.3. The number of aromatic amines is 1. The van der Waals surface area contributed by atoms with E-state index in [-0.39, 0.29) is 12.0 Å². The molecule has 1 fully saturated rings. The monoisotopic (exact) mass is 413 g/mol. The number of nitrogens with zero attached hydrogens (tertiary/aromatic N) is 3. The van der Waals surface area contributed by atoms with Crippen LogP contribution in [0.5, 0.6) is 0 Å². The highest BCUT2D eigenvalue weighted by molar-refractivity contribution is 7.99. The first-order valence-corrected chi connectivity index (χ1v) is 11.3. The van der Waals surface area contributed by atoms with Crippen molar-refractivity contribution in [3.63, 3.8) is 0 Å². The van der Waals surface area contributed by atoms with Crippen LogP contribution in [-0.4, -0.2) is 50.7 Å². The van der Waals surface area contributed by atoms with Gasteiger partial charge in [0.2, 0.25) is 5.91 Å². The number of para-hydroxylation sites is 1. The van der Waals surface area contributed by atoms with E-state index in [1.165, 1.54) is 11.8 Å². The van der Waals surface area contributed by atoms with Crippen molar-refractivity contribution in [2.45, 2.75) is 50.4 Å². The van der Waals surface area contributed by atoms with Gasteiger partial charge in [-0.05, 0) is 25.3 Å². The fourth-order valence-corrected chi connectivity index (χ4v) is 4.37. The van der Waals surface area contributed by atoms with Gasteiger partial charge in [-0.15, -0.1) is 10.2 Å². The number of thioether (sulfide) groups is 1. The molecular formula is C21H27N5O2S. The number of nitrogens with one attached hydrogen (secondary N) is 2. The molecule has 29 heavy (non-hydrogen) atoms. The van der Waals surface area contributed by atoms with Gasteiger partial charge in [-0.1, -0.05) is 43.3 Å². The van der Waals surface area contributed by atoms with E-state index in [2.05, 4.69) is 44.1 Å². The minimum atomic E-state index is 0.0313. The van der Waals surface area contributed by atoms with Crippen LogP contribution in [0, 0.1) is 0 Å². The number of hydrogen-bond donors (Lipinski definition) is 2. The molecule has 0 saturated carbocycles. The topological polar surface area (TPSA) is 84.8 Å². The lowest BCUT2D eigenvalue weighted by molar-refractivity contribution is -0.118. The molecule has 1 aliphatic rings. The molecule has 8 heteroatoms. The lowest BCUT2D eigenvalue weighted by atomic mass is 10.1. The molecule has 2 N–H and O–H groups in total. The zero-order valence-corrected chi connectivity index (χ0v) is 17.5. The number of H-pyrrole nitrogens is 1. The molecule has 1 saturated heterocycles. The predicted molar refractivity (Wildman–Crippen MR) is 115 cm³/mol. The third-order valence-electron chi connectivity index (χ3n) is 5.14. The average Bonchev–Trinajstić information content (AvgIpc) is 3.47. The van der Waals surface area contributed by atoms with Crippen LogP contribution < -0.4 is 5.32 Å². The number of rotatable bonds is 9. The molecule has 0 unspecified atom stereocenters. The Morgan fingerprint density at radius 1 is 1.38 bits per heavy atom. The van der Waals surface area contributed by atoms with Crippen molar-refractivity contribution in [3.05, 3.63) is 30.5 Å². The second-order valence-corrected chi connectivity index (χ2v) is 8.23. The molecule has 2 aromatic heterocycles. The zero-order valence-electron chi connectivity index (χ0n) is 16.7. The Hall–Kier alpha value is -2.32. The Morgan fingerprint density at radius 2 is 2.28 bits per heavy atom. The number of amides is 1. The Kier molecular flexibility index (Phi) is 6.51. The summed E-state index contributed by atoms with van der Waals surface area (Å²) >= 11 is 1.43. The van der Waals surface area contributed by atoms with E-state index in [0.717, 1.165) is 66.3 Å². The van der Waals surface area contributed by atoms with Crippen LogP contribution in [0.2, 0.25) is 0 Å². The number of fused-ring (bicyclic) bond motifs is 1. The van der Waals surface area contributed by atoms with E-state index in [4.69, 9.17) is 4.74 Å². The molecule has 4 rings (SSSR count). The van der Waals surface area contributed by atoms with Crippen molar-refractivity contribution in [1.82, 2.24) is 25.1 Å². The quantitative estimate of drug-likeness (QED) is 0.413. The molecule has 0 spiro atoms. The number of carbonyl (C=O) groups is 1. The van der Waals surface area contributed by atoms with Gasteiger partial charge in [-0.2, -0.15) is 0 Å². The molecular weight excluding hydrogens is 386 g/mol. The summed E-state index contributed by atoms with van der Waals surface area (Å²) in [6.45, 7) is 4.33. The van der Waals surface area contributed by atoms with Crippen molar-refractivity contribution >= 4 is 28.6 Å². The third kappa shape index (κ3) is 4.64. The maximum Gasteiger partial charge on any atom is 0.230 e. The Labute approximate surface area is 174 Å². The van der Waals surface area contributed by atoms with E-state index in [1.807, 2.05) is 18.3 Å². The summed E-state index contributed by atoms with van der Waals surface area (Å²) in [5.41, 5.74) is 2.09. The van der Waals surface area contributed by atoms with Gasteiger partial charge in [-0.25, -0.2) is 0 Å². The van der Waals surface area contributed by atoms with E-state index < -0.39 is 0 Å². The maximum atomic E-state index is 12.1. The molecule has 3 aromatic rings. The molecule has 1 aliphatic heterocycles. The Bertz CT molecular complexity index is 961. The molecule has 0 radical (unpaired) electrons. The van der Waals surface area contributed by atoms with E-state index in [0.29, 0.717) is 12.3 Å². The van der Waals surface area contributed by atoms with Crippen molar-refractivity contribution in [2.75, 3.05) is 18.9 Å². The van der Waals surface area contributed by atoms with E-state index in [1.54, 1.807) is 0 Å². The van der Waals surface area contributed by atoms with E-state index in [9.17, 15) is 4.79 Å². The van der Waals surface area contributed by atoms with Gasteiger partial charge in [0.15, 0.2) is 11.0 Å². The van der Waals surface area contributed by atoms with Crippen molar-refractivity contribution in [3.8, 4) is 11.4 Å². The van der Waals surface area contributed by atoms with Gasteiger partial charge in [0.25, 0.3) is 0 Å². The van der Waals surface area contributed by atoms with Crippen LogP contribution in [0.1, 0.15) is 32.6 Å². The van der Waals surface area contributed by atoms with Crippen molar-refractivity contribution < 1.29 is 9.53 Å². The summed E-state index contributed by atoms with van der Waals surface area (Å²) in [4.78, 5) is 15.5. The highest BCUT2D eigenvalue weighted by Gasteiger charge is 2.23. The fraction of sp³-hybridized carbons (Fsp3) is 0.476. The largest absolute Gasteiger partial charge is 0.376 e. The molecule has 1 amide bonds. The smallest absolute Gasteiger partial charge is 0.230 e. The first kappa shape index (κ1) is 20.0. The number of ether oxygens (including phenoxy) is 1. The molecule has 1 aromatic carbocycles. The summed E-state index contributed by atoms with van der Waals surface area (Å²) in [6, 6.07) is 8.17. The fourth-order valence-electron chi connectivity index (χ4n) is 3.59. The van der Waals surface area contributed by atoms with E-state index >= 15 is 0 Å². The van der Waals surface area contributed by atoms with Crippen LogP contribution >= 0.6 is 11.8 Å². The van der Waals surface area contributed by atoms with Gasteiger partial charge in [-0.3, -0.25) is 9.36 Å². The lowest BCUT2D eigenvalue weighted by Crippen LogP contribution is -2.26. The number of benzene rings is 1. The standard InChI is InChI=1S/C21H27N5O2S/c1-2-3-10-22-19(27)14-29-21-25-24-20(26(21)13-15-7-6-11-28-15)17-12-23-18-9-5-4-8-16(17)18/h4-5,8-9,12,15,23H,2-3,6-7,10-11,13-14H2,1H3,(H,22,27)/t15-/m0/s1. The summed E-state index contributed by atoms with van der Waals surface area (Å²) in [5.74, 6) is 1.18. The predicted octanol–water partition coefficient (Wildman–Crippen LogP) is 3.61. The molecule has 154 valence electrons. The zero-order chi connectivity index (χ0) is 20.1. The van der Waals surface area contributed by atoms with Gasteiger partial charge in [0.05, 0.1) is 18.4 Å². The van der Waals surface area contributed by atoms with Gasteiger partial charge < -0.3 is 15.0 Å². The Balaban J connectivity index is 1.57. The lowest BCUT2D eigenvalue weighted by Gasteiger charge is -2.14. The number of aromatic nitrogens is 4. The van der Waals surface area contributed by atoms with Gasteiger partial charge in [0, 0.05) is 35.8 Å². The SMILES string of the molecule is CCCCNC(=O)CSc1nnc(-c2c[nH]c3ccccc23)n1C[C@@H]1CCCO1. The number of unbranched alkanes of at least 4 members (excludes halogenated alkanes) is 1. The number of hydrogen-bond acceptors (Lipinski definition) is 5. The van der Waals surface area contributed by atoms with Crippen molar-refractivity contribution in [1.29, 1.82) is 0 Å². The van der Waals surface area contributed by atoms with Crippen LogP contribution in [0.4, 0.5) is 0 Å². The molecule has 1 atom stereocenters. The molecule has 7 nitrogen and oxygen atoms in total. The summed E-state index contributed by atoms with van der Waals surface area (Å²) in [7, 11) is 0. The van der Waals surface area contributed by atoms with Crippen LogP contribution in [0.15, 0.2) is 35.6 Å². The summed E-state index contributed by atoms with van der Waals surface area (Å²) in [5, 5.41) is 13.7. The molecule has 0 bridgehead atoms. The van der Waals surface area contributed by atoms with Gasteiger partial charge >= 0.3 is 0 Å².